The van der Waals surface area contributed by atoms with Crippen LogP contribution in [0, 0.1) is 0 Å². The van der Waals surface area contributed by atoms with Crippen molar-refractivity contribution in [1.29, 1.82) is 0 Å². The van der Waals surface area contributed by atoms with Crippen LogP contribution in [0.1, 0.15) is 50.6 Å². The molecule has 0 amide bonds. The molecule has 7 nitrogen and oxygen atoms in total. The molecule has 160 valence electrons. The van der Waals surface area contributed by atoms with Gasteiger partial charge in [-0.25, -0.2) is 0 Å². The highest BCUT2D eigenvalue weighted by molar-refractivity contribution is 5.66. The standard InChI is InChI=1S/C21H35NO6/c1-18(22)19-7-6-8-20(17-19)28-11-5-3-2-4-10-25-13-15-27-16-14-26-12-9-21(23)24/h6-8,17-18H,2-5,9-16,22H2,1H3,(H,23,24)/t18-/m1/s1. The lowest BCUT2D eigenvalue weighted by Gasteiger charge is -2.10. The van der Waals surface area contributed by atoms with Gasteiger partial charge in [-0.2, -0.15) is 0 Å². The highest BCUT2D eigenvalue weighted by Crippen LogP contribution is 2.17. The molecule has 3 N–H and O–H groups in total. The van der Waals surface area contributed by atoms with Gasteiger partial charge in [-0.3, -0.25) is 4.79 Å². The first kappa shape index (κ1) is 24.4. The SMILES string of the molecule is C[C@@H](N)c1cccc(OCCCCCCOCCOCCOCCC(=O)O)c1. The third kappa shape index (κ3) is 13.5. The lowest BCUT2D eigenvalue weighted by molar-refractivity contribution is -0.138. The summed E-state index contributed by atoms with van der Waals surface area (Å²) in [5, 5.41) is 8.45. The molecule has 0 fully saturated rings. The Morgan fingerprint density at radius 1 is 0.929 bits per heavy atom. The van der Waals surface area contributed by atoms with Gasteiger partial charge in [0.2, 0.25) is 0 Å². The number of hydrogen-bond donors (Lipinski definition) is 2. The summed E-state index contributed by atoms with van der Waals surface area (Å²) < 4.78 is 21.8. The average molecular weight is 398 g/mol. The molecule has 1 aromatic carbocycles. The fraction of sp³-hybridized carbons (Fsp3) is 0.667. The normalized spacial score (nSPS) is 12.1. The second-order valence-corrected chi connectivity index (χ2v) is 6.60. The topological polar surface area (TPSA) is 100 Å². The maximum absolute atomic E-state index is 10.3. The van der Waals surface area contributed by atoms with E-state index in [0.717, 1.165) is 43.6 Å². The van der Waals surface area contributed by atoms with E-state index in [1.807, 2.05) is 31.2 Å². The highest BCUT2D eigenvalue weighted by atomic mass is 16.5. The molecule has 0 unspecified atom stereocenters. The van der Waals surface area contributed by atoms with Crippen molar-refractivity contribution < 1.29 is 28.8 Å². The first-order chi connectivity index (χ1) is 13.6. The smallest absolute Gasteiger partial charge is 0.305 e. The fourth-order valence-electron chi connectivity index (χ4n) is 2.44. The van der Waals surface area contributed by atoms with E-state index < -0.39 is 5.97 Å². The zero-order valence-electron chi connectivity index (χ0n) is 16.9. The minimum Gasteiger partial charge on any atom is -0.494 e. The lowest BCUT2D eigenvalue weighted by Crippen LogP contribution is -2.11. The van der Waals surface area contributed by atoms with E-state index in [1.165, 1.54) is 0 Å². The molecule has 1 atom stereocenters. The molecule has 0 aliphatic carbocycles. The summed E-state index contributed by atoms with van der Waals surface area (Å²) in [7, 11) is 0. The van der Waals surface area contributed by atoms with Gasteiger partial charge in [0.25, 0.3) is 0 Å². The number of carbonyl (C=O) groups is 1. The maximum atomic E-state index is 10.3. The Morgan fingerprint density at radius 2 is 1.54 bits per heavy atom. The van der Waals surface area contributed by atoms with E-state index in [9.17, 15) is 4.79 Å². The number of benzene rings is 1. The van der Waals surface area contributed by atoms with Gasteiger partial charge in [0.05, 0.1) is 46.1 Å². The Balaban J connectivity index is 1.82. The van der Waals surface area contributed by atoms with Crippen LogP contribution in [-0.4, -0.2) is 57.3 Å². The molecule has 0 radical (unpaired) electrons. The molecule has 1 aromatic rings. The van der Waals surface area contributed by atoms with E-state index in [0.29, 0.717) is 33.0 Å². The molecule has 0 spiro atoms. The van der Waals surface area contributed by atoms with Crippen LogP contribution in [0.25, 0.3) is 0 Å². The quantitative estimate of drug-likeness (QED) is 0.367. The van der Waals surface area contributed by atoms with Crippen molar-refractivity contribution in [2.45, 2.75) is 45.1 Å². The Kier molecular flexibility index (Phi) is 14.2. The molecular weight excluding hydrogens is 362 g/mol. The summed E-state index contributed by atoms with van der Waals surface area (Å²) in [4.78, 5) is 10.3. The van der Waals surface area contributed by atoms with Crippen molar-refractivity contribution in [2.24, 2.45) is 5.73 Å². The van der Waals surface area contributed by atoms with Gasteiger partial charge in [0, 0.05) is 12.6 Å². The predicted octanol–water partition coefficient (Wildman–Crippen LogP) is 3.17. The van der Waals surface area contributed by atoms with Gasteiger partial charge in [-0.1, -0.05) is 18.6 Å². The molecule has 0 saturated heterocycles. The first-order valence-corrected chi connectivity index (χ1v) is 10.0. The van der Waals surface area contributed by atoms with Crippen LogP contribution in [0.5, 0.6) is 5.75 Å². The van der Waals surface area contributed by atoms with E-state index >= 15 is 0 Å². The van der Waals surface area contributed by atoms with Crippen LogP contribution in [0.4, 0.5) is 0 Å². The van der Waals surface area contributed by atoms with Gasteiger partial charge < -0.3 is 29.8 Å². The highest BCUT2D eigenvalue weighted by Gasteiger charge is 2.01. The monoisotopic (exact) mass is 397 g/mol. The van der Waals surface area contributed by atoms with Crippen molar-refractivity contribution in [3.05, 3.63) is 29.8 Å². The summed E-state index contributed by atoms with van der Waals surface area (Å²) in [6.07, 6.45) is 4.30. The molecule has 0 saturated carbocycles. The van der Waals surface area contributed by atoms with Gasteiger partial charge in [-0.15, -0.1) is 0 Å². The number of rotatable bonds is 18. The zero-order chi connectivity index (χ0) is 20.5. The fourth-order valence-corrected chi connectivity index (χ4v) is 2.44. The maximum Gasteiger partial charge on any atom is 0.305 e. The minimum atomic E-state index is -0.853. The van der Waals surface area contributed by atoms with E-state index in [2.05, 4.69) is 0 Å². The van der Waals surface area contributed by atoms with Crippen molar-refractivity contribution >= 4 is 5.97 Å². The van der Waals surface area contributed by atoms with Crippen LogP contribution < -0.4 is 10.5 Å². The van der Waals surface area contributed by atoms with Crippen LogP contribution in [-0.2, 0) is 19.0 Å². The molecular formula is C21H35NO6. The number of aliphatic carboxylic acids is 1. The molecule has 0 bridgehead atoms. The number of ether oxygens (including phenoxy) is 4. The van der Waals surface area contributed by atoms with E-state index in [-0.39, 0.29) is 19.1 Å². The second kappa shape index (κ2) is 16.3. The van der Waals surface area contributed by atoms with E-state index in [4.69, 9.17) is 29.8 Å². The van der Waals surface area contributed by atoms with E-state index in [1.54, 1.807) is 0 Å². The Morgan fingerprint density at radius 3 is 2.18 bits per heavy atom. The predicted molar refractivity (Wildman–Crippen MR) is 108 cm³/mol. The second-order valence-electron chi connectivity index (χ2n) is 6.60. The molecule has 0 aromatic heterocycles. The molecule has 28 heavy (non-hydrogen) atoms. The summed E-state index contributed by atoms with van der Waals surface area (Å²) in [5.74, 6) is 0.0271. The van der Waals surface area contributed by atoms with Gasteiger partial charge in [0.15, 0.2) is 0 Å². The average Bonchev–Trinajstić information content (AvgIpc) is 2.67. The summed E-state index contributed by atoms with van der Waals surface area (Å²) in [6, 6.07) is 7.97. The minimum absolute atomic E-state index is 0.0195. The molecule has 0 aliphatic heterocycles. The van der Waals surface area contributed by atoms with Crippen molar-refractivity contribution in [3.8, 4) is 5.75 Å². The van der Waals surface area contributed by atoms with Crippen LogP contribution in [0.3, 0.4) is 0 Å². The molecule has 1 rings (SSSR count). The Labute approximate surface area is 168 Å². The third-order valence-electron chi connectivity index (χ3n) is 4.04. The van der Waals surface area contributed by atoms with Crippen molar-refractivity contribution in [1.82, 2.24) is 0 Å². The molecule has 7 heteroatoms. The number of carboxylic acid groups (broad SMARTS) is 1. The molecule has 0 heterocycles. The number of hydrogen-bond acceptors (Lipinski definition) is 6. The summed E-state index contributed by atoms with van der Waals surface area (Å²) in [6.45, 7) is 5.58. The van der Waals surface area contributed by atoms with Gasteiger partial charge >= 0.3 is 5.97 Å². The van der Waals surface area contributed by atoms with Gasteiger partial charge in [0.1, 0.15) is 5.75 Å². The Bertz CT molecular complexity index is 523. The Hall–Kier alpha value is -1.67. The summed E-state index contributed by atoms with van der Waals surface area (Å²) >= 11 is 0. The third-order valence-corrected chi connectivity index (χ3v) is 4.04. The van der Waals surface area contributed by atoms with Crippen LogP contribution in [0.15, 0.2) is 24.3 Å². The first-order valence-electron chi connectivity index (χ1n) is 10.0. The number of carboxylic acids is 1. The summed E-state index contributed by atoms with van der Waals surface area (Å²) in [5.41, 5.74) is 6.97. The van der Waals surface area contributed by atoms with Crippen molar-refractivity contribution in [2.75, 3.05) is 46.2 Å². The molecule has 0 aliphatic rings. The van der Waals surface area contributed by atoms with Crippen LogP contribution in [0.2, 0.25) is 0 Å². The lowest BCUT2D eigenvalue weighted by atomic mass is 10.1. The largest absolute Gasteiger partial charge is 0.494 e. The zero-order valence-corrected chi connectivity index (χ0v) is 16.9. The van der Waals surface area contributed by atoms with Crippen molar-refractivity contribution in [3.63, 3.8) is 0 Å². The number of nitrogens with two attached hydrogens (primary N) is 1. The number of unbranched alkanes of at least 4 members (excludes halogenated alkanes) is 3. The van der Waals surface area contributed by atoms with Crippen LogP contribution >= 0.6 is 0 Å². The van der Waals surface area contributed by atoms with Gasteiger partial charge in [-0.05, 0) is 43.9 Å².